The summed E-state index contributed by atoms with van der Waals surface area (Å²) < 4.78 is 5.27. The van der Waals surface area contributed by atoms with Crippen molar-refractivity contribution in [3.63, 3.8) is 0 Å². The van der Waals surface area contributed by atoms with E-state index in [1.807, 2.05) is 6.92 Å². The number of anilines is 1. The molecule has 0 bridgehead atoms. The Kier molecular flexibility index (Phi) is 4.56. The summed E-state index contributed by atoms with van der Waals surface area (Å²) in [5.41, 5.74) is 0.597. The van der Waals surface area contributed by atoms with Gasteiger partial charge in [0.2, 0.25) is 11.8 Å². The van der Waals surface area contributed by atoms with E-state index in [9.17, 15) is 4.79 Å². The number of pyridine rings is 1. The Morgan fingerprint density at radius 2 is 2.40 bits per heavy atom. The van der Waals surface area contributed by atoms with E-state index in [2.05, 4.69) is 15.6 Å². The number of carbonyl (C=O) groups excluding carboxylic acids is 1. The molecule has 0 aliphatic rings. The van der Waals surface area contributed by atoms with Crippen molar-refractivity contribution in [1.29, 1.82) is 0 Å². The Labute approximate surface area is 88.9 Å². The molecule has 1 rings (SSSR count). The normalized spacial score (nSPS) is 9.73. The summed E-state index contributed by atoms with van der Waals surface area (Å²) in [5, 5.41) is 5.47. The number of ether oxygens (including phenoxy) is 1. The molecule has 0 aromatic carbocycles. The van der Waals surface area contributed by atoms with Crippen LogP contribution in [-0.4, -0.2) is 31.1 Å². The third-order valence-corrected chi connectivity index (χ3v) is 1.66. The molecular formula is C10H15N3O2. The average molecular weight is 209 g/mol. The van der Waals surface area contributed by atoms with Gasteiger partial charge in [-0.25, -0.2) is 4.98 Å². The molecule has 0 fully saturated rings. The highest BCUT2D eigenvalue weighted by Gasteiger charge is 2.06. The summed E-state index contributed by atoms with van der Waals surface area (Å²) in [4.78, 5) is 15.3. The van der Waals surface area contributed by atoms with Crippen molar-refractivity contribution in [1.82, 2.24) is 10.3 Å². The first-order valence-electron chi connectivity index (χ1n) is 4.80. The van der Waals surface area contributed by atoms with Gasteiger partial charge in [-0.2, -0.15) is 0 Å². The molecule has 1 aromatic rings. The van der Waals surface area contributed by atoms with Crippen molar-refractivity contribution in [2.24, 2.45) is 0 Å². The van der Waals surface area contributed by atoms with Crippen LogP contribution in [0.4, 0.5) is 5.69 Å². The van der Waals surface area contributed by atoms with E-state index in [1.165, 1.54) is 0 Å². The zero-order valence-corrected chi connectivity index (χ0v) is 8.91. The number of hydrogen-bond donors (Lipinski definition) is 2. The predicted molar refractivity (Wildman–Crippen MR) is 58.0 cm³/mol. The Bertz CT molecular complexity index is 328. The number of nitrogens with one attached hydrogen (secondary N) is 2. The molecule has 0 saturated carbocycles. The van der Waals surface area contributed by atoms with Gasteiger partial charge in [0, 0.05) is 6.20 Å². The highest BCUT2D eigenvalue weighted by molar-refractivity contribution is 5.93. The molecule has 82 valence electrons. The first kappa shape index (κ1) is 11.5. The molecule has 5 heteroatoms. The summed E-state index contributed by atoms with van der Waals surface area (Å²) in [5.74, 6) is 0.330. The topological polar surface area (TPSA) is 63.2 Å². The van der Waals surface area contributed by atoms with Crippen molar-refractivity contribution in [3.8, 4) is 5.88 Å². The predicted octanol–water partition coefficient (Wildman–Crippen LogP) is 0.638. The minimum absolute atomic E-state index is 0.119. The van der Waals surface area contributed by atoms with Gasteiger partial charge in [0.15, 0.2) is 0 Å². The van der Waals surface area contributed by atoms with Crippen LogP contribution >= 0.6 is 0 Å². The van der Waals surface area contributed by atoms with E-state index < -0.39 is 0 Å². The Morgan fingerprint density at radius 3 is 3.07 bits per heavy atom. The Balaban J connectivity index is 2.70. The van der Waals surface area contributed by atoms with Crippen LogP contribution < -0.4 is 15.4 Å². The first-order valence-corrected chi connectivity index (χ1v) is 4.80. The van der Waals surface area contributed by atoms with E-state index in [0.29, 0.717) is 18.2 Å². The molecule has 1 heterocycles. The number of aromatic nitrogens is 1. The third-order valence-electron chi connectivity index (χ3n) is 1.66. The van der Waals surface area contributed by atoms with Crippen LogP contribution in [0.15, 0.2) is 18.3 Å². The van der Waals surface area contributed by atoms with Crippen LogP contribution in [0.25, 0.3) is 0 Å². The second kappa shape index (κ2) is 5.98. The van der Waals surface area contributed by atoms with Crippen LogP contribution in [-0.2, 0) is 4.79 Å². The SMILES string of the molecule is CCOc1ncccc1NC(=O)CNC. The number of likely N-dealkylation sites (N-methyl/N-ethyl adjacent to an activating group) is 1. The summed E-state index contributed by atoms with van der Waals surface area (Å²) in [6.45, 7) is 2.65. The van der Waals surface area contributed by atoms with Crippen molar-refractivity contribution >= 4 is 11.6 Å². The quantitative estimate of drug-likeness (QED) is 0.747. The summed E-state index contributed by atoms with van der Waals surface area (Å²) in [6, 6.07) is 3.50. The molecule has 0 radical (unpaired) electrons. The fraction of sp³-hybridized carbons (Fsp3) is 0.400. The maximum atomic E-state index is 11.3. The fourth-order valence-electron chi connectivity index (χ4n) is 1.09. The molecule has 0 spiro atoms. The second-order valence-electron chi connectivity index (χ2n) is 2.87. The van der Waals surface area contributed by atoms with Gasteiger partial charge >= 0.3 is 0 Å². The first-order chi connectivity index (χ1) is 7.27. The van der Waals surface area contributed by atoms with Crippen molar-refractivity contribution in [2.75, 3.05) is 25.5 Å². The number of rotatable bonds is 5. The molecule has 5 nitrogen and oxygen atoms in total. The van der Waals surface area contributed by atoms with Gasteiger partial charge in [-0.3, -0.25) is 4.79 Å². The zero-order chi connectivity index (χ0) is 11.1. The summed E-state index contributed by atoms with van der Waals surface area (Å²) in [7, 11) is 1.71. The molecule has 0 saturated heterocycles. The van der Waals surface area contributed by atoms with Gasteiger partial charge in [0.05, 0.1) is 13.2 Å². The maximum absolute atomic E-state index is 11.3. The standard InChI is InChI=1S/C10H15N3O2/c1-3-15-10-8(5-4-6-12-10)13-9(14)7-11-2/h4-6,11H,3,7H2,1-2H3,(H,13,14). The Morgan fingerprint density at radius 1 is 1.60 bits per heavy atom. The van der Waals surface area contributed by atoms with Crippen LogP contribution in [0.3, 0.4) is 0 Å². The van der Waals surface area contributed by atoms with E-state index in [4.69, 9.17) is 4.74 Å². The van der Waals surface area contributed by atoms with Crippen molar-refractivity contribution in [2.45, 2.75) is 6.92 Å². The molecule has 0 aliphatic heterocycles. The maximum Gasteiger partial charge on any atom is 0.238 e. The minimum atomic E-state index is -0.119. The van der Waals surface area contributed by atoms with Crippen molar-refractivity contribution in [3.05, 3.63) is 18.3 Å². The monoisotopic (exact) mass is 209 g/mol. The lowest BCUT2D eigenvalue weighted by Gasteiger charge is -2.09. The largest absolute Gasteiger partial charge is 0.476 e. The average Bonchev–Trinajstić information content (AvgIpc) is 2.21. The number of amides is 1. The minimum Gasteiger partial charge on any atom is -0.476 e. The van der Waals surface area contributed by atoms with Crippen LogP contribution in [0.2, 0.25) is 0 Å². The van der Waals surface area contributed by atoms with Gasteiger partial charge in [-0.1, -0.05) is 0 Å². The molecule has 0 aliphatic carbocycles. The lowest BCUT2D eigenvalue weighted by atomic mass is 10.4. The van der Waals surface area contributed by atoms with Crippen LogP contribution in [0, 0.1) is 0 Å². The number of hydrogen-bond acceptors (Lipinski definition) is 4. The van der Waals surface area contributed by atoms with E-state index in [-0.39, 0.29) is 12.5 Å². The van der Waals surface area contributed by atoms with E-state index in [0.717, 1.165) is 0 Å². The van der Waals surface area contributed by atoms with Gasteiger partial charge in [-0.15, -0.1) is 0 Å². The van der Waals surface area contributed by atoms with E-state index in [1.54, 1.807) is 25.4 Å². The molecular weight excluding hydrogens is 194 g/mol. The molecule has 0 atom stereocenters. The zero-order valence-electron chi connectivity index (χ0n) is 8.91. The van der Waals surface area contributed by atoms with Gasteiger partial charge in [0.25, 0.3) is 0 Å². The lowest BCUT2D eigenvalue weighted by molar-refractivity contribution is -0.115. The Hall–Kier alpha value is -1.62. The number of nitrogens with zero attached hydrogens (tertiary/aromatic N) is 1. The highest BCUT2D eigenvalue weighted by Crippen LogP contribution is 2.19. The fourth-order valence-corrected chi connectivity index (χ4v) is 1.09. The molecule has 0 unspecified atom stereocenters. The molecule has 1 aromatic heterocycles. The lowest BCUT2D eigenvalue weighted by Crippen LogP contribution is -2.25. The molecule has 2 N–H and O–H groups in total. The highest BCUT2D eigenvalue weighted by atomic mass is 16.5. The molecule has 15 heavy (non-hydrogen) atoms. The second-order valence-corrected chi connectivity index (χ2v) is 2.87. The van der Waals surface area contributed by atoms with Gasteiger partial charge in [0.1, 0.15) is 5.69 Å². The molecule has 1 amide bonds. The van der Waals surface area contributed by atoms with Crippen LogP contribution in [0.5, 0.6) is 5.88 Å². The van der Waals surface area contributed by atoms with Crippen molar-refractivity contribution < 1.29 is 9.53 Å². The van der Waals surface area contributed by atoms with Crippen LogP contribution in [0.1, 0.15) is 6.92 Å². The smallest absolute Gasteiger partial charge is 0.238 e. The summed E-state index contributed by atoms with van der Waals surface area (Å²) >= 11 is 0. The van der Waals surface area contributed by atoms with Gasteiger partial charge < -0.3 is 15.4 Å². The van der Waals surface area contributed by atoms with E-state index >= 15 is 0 Å². The third kappa shape index (κ3) is 3.55. The van der Waals surface area contributed by atoms with Gasteiger partial charge in [-0.05, 0) is 26.1 Å². The number of carbonyl (C=O) groups is 1. The summed E-state index contributed by atoms with van der Waals surface area (Å²) in [6.07, 6.45) is 1.62.